The first-order valence-corrected chi connectivity index (χ1v) is 6.64. The predicted octanol–water partition coefficient (Wildman–Crippen LogP) is 1.84. The molecule has 0 spiro atoms. The summed E-state index contributed by atoms with van der Waals surface area (Å²) in [5.74, 6) is 0.457. The van der Waals surface area contributed by atoms with Gasteiger partial charge in [-0.3, -0.25) is 9.59 Å². The second-order valence-corrected chi connectivity index (χ2v) is 4.84. The second-order valence-electron chi connectivity index (χ2n) is 4.84. The summed E-state index contributed by atoms with van der Waals surface area (Å²) >= 11 is 0. The average molecular weight is 266 g/mol. The summed E-state index contributed by atoms with van der Waals surface area (Å²) in [6.07, 6.45) is 2.77. The Balaban J connectivity index is 2.50. The molecule has 106 valence electrons. The second kappa shape index (κ2) is 7.61. The van der Waals surface area contributed by atoms with Crippen LogP contribution in [-0.4, -0.2) is 17.9 Å². The number of hydrogen-bond acceptors (Lipinski definition) is 3. The largest absolute Gasteiger partial charge is 0.467 e. The van der Waals surface area contributed by atoms with E-state index in [9.17, 15) is 9.59 Å². The summed E-state index contributed by atoms with van der Waals surface area (Å²) in [5, 5.41) is 5.53. The number of carbonyl (C=O) groups excluding carboxylic acids is 2. The number of amides is 2. The van der Waals surface area contributed by atoms with Crippen molar-refractivity contribution in [2.75, 3.05) is 0 Å². The molecule has 19 heavy (non-hydrogen) atoms. The monoisotopic (exact) mass is 266 g/mol. The highest BCUT2D eigenvalue weighted by atomic mass is 16.3. The molecule has 0 radical (unpaired) electrons. The Hall–Kier alpha value is -1.78. The van der Waals surface area contributed by atoms with Gasteiger partial charge in [0, 0.05) is 6.42 Å². The Morgan fingerprint density at radius 2 is 2.11 bits per heavy atom. The lowest BCUT2D eigenvalue weighted by Gasteiger charge is -2.21. The van der Waals surface area contributed by atoms with Crippen molar-refractivity contribution in [3.63, 3.8) is 0 Å². The number of hydrogen-bond donors (Lipinski definition) is 2. The van der Waals surface area contributed by atoms with Crippen LogP contribution >= 0.6 is 0 Å². The van der Waals surface area contributed by atoms with Gasteiger partial charge in [-0.05, 0) is 24.5 Å². The zero-order valence-electron chi connectivity index (χ0n) is 11.7. The Morgan fingerprint density at radius 3 is 2.63 bits per heavy atom. The Labute approximate surface area is 113 Å². The molecule has 1 atom stereocenters. The molecule has 1 heterocycles. The molecule has 0 unspecified atom stereocenters. The van der Waals surface area contributed by atoms with E-state index in [1.807, 2.05) is 20.8 Å². The average Bonchev–Trinajstić information content (AvgIpc) is 2.86. The smallest absolute Gasteiger partial charge is 0.243 e. The molecular formula is C14H22N2O3. The Morgan fingerprint density at radius 1 is 1.37 bits per heavy atom. The molecule has 0 saturated heterocycles. The van der Waals surface area contributed by atoms with Crippen LogP contribution in [0.25, 0.3) is 0 Å². The van der Waals surface area contributed by atoms with Gasteiger partial charge in [-0.15, -0.1) is 0 Å². The number of nitrogens with one attached hydrogen (secondary N) is 2. The van der Waals surface area contributed by atoms with Gasteiger partial charge in [-0.2, -0.15) is 0 Å². The number of carbonyl (C=O) groups is 2. The zero-order valence-corrected chi connectivity index (χ0v) is 11.7. The first-order chi connectivity index (χ1) is 9.04. The van der Waals surface area contributed by atoms with Gasteiger partial charge in [-0.1, -0.05) is 20.8 Å². The lowest BCUT2D eigenvalue weighted by atomic mass is 10.0. The predicted molar refractivity (Wildman–Crippen MR) is 72.2 cm³/mol. The molecule has 1 aromatic rings. The van der Waals surface area contributed by atoms with Crippen LogP contribution in [0.4, 0.5) is 0 Å². The van der Waals surface area contributed by atoms with Crippen molar-refractivity contribution in [3.8, 4) is 0 Å². The highest BCUT2D eigenvalue weighted by Crippen LogP contribution is 2.04. The van der Waals surface area contributed by atoms with Crippen molar-refractivity contribution in [2.45, 2.75) is 46.2 Å². The summed E-state index contributed by atoms with van der Waals surface area (Å²) in [7, 11) is 0. The third kappa shape index (κ3) is 5.16. The minimum absolute atomic E-state index is 0.0393. The lowest BCUT2D eigenvalue weighted by molar-refractivity contribution is -0.130. The van der Waals surface area contributed by atoms with Gasteiger partial charge in [0.1, 0.15) is 11.8 Å². The molecule has 0 aliphatic rings. The van der Waals surface area contributed by atoms with Crippen LogP contribution in [0.1, 0.15) is 39.4 Å². The quantitative estimate of drug-likeness (QED) is 0.791. The van der Waals surface area contributed by atoms with Crippen molar-refractivity contribution in [2.24, 2.45) is 5.92 Å². The van der Waals surface area contributed by atoms with Crippen molar-refractivity contribution in [1.82, 2.24) is 10.6 Å². The summed E-state index contributed by atoms with van der Waals surface area (Å²) in [5.41, 5.74) is 0. The summed E-state index contributed by atoms with van der Waals surface area (Å²) in [6, 6.07) is 3.05. The normalized spacial score (nSPS) is 12.2. The van der Waals surface area contributed by atoms with E-state index in [0.29, 0.717) is 18.7 Å². The van der Waals surface area contributed by atoms with E-state index in [2.05, 4.69) is 10.6 Å². The van der Waals surface area contributed by atoms with E-state index in [0.717, 1.165) is 6.42 Å². The topological polar surface area (TPSA) is 71.3 Å². The number of rotatable bonds is 7. The maximum atomic E-state index is 12.1. The molecule has 0 saturated carbocycles. The lowest BCUT2D eigenvalue weighted by Crippen LogP contribution is -2.49. The van der Waals surface area contributed by atoms with Crippen LogP contribution in [0.3, 0.4) is 0 Å². The maximum absolute atomic E-state index is 12.1. The third-order valence-electron chi connectivity index (χ3n) is 2.76. The van der Waals surface area contributed by atoms with Crippen LogP contribution < -0.4 is 10.6 Å². The first kappa shape index (κ1) is 15.3. The maximum Gasteiger partial charge on any atom is 0.243 e. The highest BCUT2D eigenvalue weighted by molar-refractivity contribution is 5.87. The Kier molecular flexibility index (Phi) is 6.12. The van der Waals surface area contributed by atoms with Crippen LogP contribution in [0.15, 0.2) is 22.8 Å². The fourth-order valence-electron chi connectivity index (χ4n) is 1.70. The molecule has 0 fully saturated rings. The van der Waals surface area contributed by atoms with Gasteiger partial charge in [0.25, 0.3) is 0 Å². The van der Waals surface area contributed by atoms with Crippen LogP contribution in [0.2, 0.25) is 0 Å². The van der Waals surface area contributed by atoms with E-state index in [-0.39, 0.29) is 17.7 Å². The van der Waals surface area contributed by atoms with Crippen LogP contribution in [0.5, 0.6) is 0 Å². The highest BCUT2D eigenvalue weighted by Gasteiger charge is 2.23. The van der Waals surface area contributed by atoms with Crippen molar-refractivity contribution < 1.29 is 14.0 Å². The van der Waals surface area contributed by atoms with Gasteiger partial charge in [0.15, 0.2) is 0 Å². The molecule has 0 aliphatic heterocycles. The van der Waals surface area contributed by atoms with Gasteiger partial charge in [-0.25, -0.2) is 0 Å². The molecular weight excluding hydrogens is 244 g/mol. The van der Waals surface area contributed by atoms with Gasteiger partial charge in [0.2, 0.25) is 11.8 Å². The Bertz CT molecular complexity index is 399. The first-order valence-electron chi connectivity index (χ1n) is 6.64. The summed E-state index contributed by atoms with van der Waals surface area (Å²) in [6.45, 7) is 6.08. The molecule has 5 nitrogen and oxygen atoms in total. The van der Waals surface area contributed by atoms with E-state index in [1.54, 1.807) is 18.4 Å². The SMILES string of the molecule is CCCC(=O)N[C@H](C(=O)NCc1ccco1)C(C)C. The molecule has 2 N–H and O–H groups in total. The molecule has 5 heteroatoms. The standard InChI is InChI=1S/C14H22N2O3/c1-4-6-12(17)16-13(10(2)3)14(18)15-9-11-7-5-8-19-11/h5,7-8,10,13H,4,6,9H2,1-3H3,(H,15,18)(H,16,17)/t13-/m0/s1. The minimum Gasteiger partial charge on any atom is -0.467 e. The molecule has 0 aliphatic carbocycles. The van der Waals surface area contributed by atoms with E-state index < -0.39 is 6.04 Å². The van der Waals surface area contributed by atoms with Crippen LogP contribution in [-0.2, 0) is 16.1 Å². The van der Waals surface area contributed by atoms with E-state index in [4.69, 9.17) is 4.42 Å². The van der Waals surface area contributed by atoms with E-state index >= 15 is 0 Å². The van der Waals surface area contributed by atoms with Crippen LogP contribution in [0, 0.1) is 5.92 Å². The van der Waals surface area contributed by atoms with Gasteiger partial charge in [0.05, 0.1) is 12.8 Å². The zero-order chi connectivity index (χ0) is 14.3. The molecule has 1 rings (SSSR count). The fraction of sp³-hybridized carbons (Fsp3) is 0.571. The number of furan rings is 1. The molecule has 1 aromatic heterocycles. The fourth-order valence-corrected chi connectivity index (χ4v) is 1.70. The van der Waals surface area contributed by atoms with Gasteiger partial charge >= 0.3 is 0 Å². The molecule has 2 amide bonds. The van der Waals surface area contributed by atoms with E-state index in [1.165, 1.54) is 0 Å². The molecule has 0 aromatic carbocycles. The van der Waals surface area contributed by atoms with Gasteiger partial charge < -0.3 is 15.1 Å². The van der Waals surface area contributed by atoms with Crippen molar-refractivity contribution in [1.29, 1.82) is 0 Å². The summed E-state index contributed by atoms with van der Waals surface area (Å²) < 4.78 is 5.14. The minimum atomic E-state index is -0.506. The van der Waals surface area contributed by atoms with Crippen molar-refractivity contribution >= 4 is 11.8 Å². The summed E-state index contributed by atoms with van der Waals surface area (Å²) in [4.78, 5) is 23.6. The van der Waals surface area contributed by atoms with Crippen molar-refractivity contribution in [3.05, 3.63) is 24.2 Å². The molecule has 0 bridgehead atoms. The third-order valence-corrected chi connectivity index (χ3v) is 2.76.